The first kappa shape index (κ1) is 28.8. The number of amides is 1. The zero-order valence-electron chi connectivity index (χ0n) is 22.2. The second-order valence-corrected chi connectivity index (χ2v) is 12.0. The highest BCUT2D eigenvalue weighted by molar-refractivity contribution is 7.89. The van der Waals surface area contributed by atoms with Gasteiger partial charge in [0.15, 0.2) is 5.13 Å². The lowest BCUT2D eigenvalue weighted by atomic mass is 10.2. The highest BCUT2D eigenvalue weighted by Crippen LogP contribution is 2.34. The van der Waals surface area contributed by atoms with E-state index in [1.165, 1.54) is 40.7 Å². The summed E-state index contributed by atoms with van der Waals surface area (Å²) in [6, 6.07) is 12.0. The molecule has 0 spiro atoms. The first-order valence-electron chi connectivity index (χ1n) is 13.0. The van der Waals surface area contributed by atoms with Crippen LogP contribution in [0.15, 0.2) is 72.7 Å². The zero-order chi connectivity index (χ0) is 27.8. The quantitative estimate of drug-likeness (QED) is 0.314. The number of hydrogen-bond acceptors (Lipinski definition) is 8. The summed E-state index contributed by atoms with van der Waals surface area (Å²) in [7, 11) is -3.70. The maximum Gasteiger partial charge on any atom is 0.251 e. The van der Waals surface area contributed by atoms with E-state index < -0.39 is 10.0 Å². The van der Waals surface area contributed by atoms with Crippen molar-refractivity contribution in [2.24, 2.45) is 0 Å². The van der Waals surface area contributed by atoms with Crippen molar-refractivity contribution in [2.45, 2.75) is 11.8 Å². The molecule has 1 aromatic heterocycles. The molecule has 11 heteroatoms. The number of piperazine rings is 1. The highest BCUT2D eigenvalue weighted by atomic mass is 32.2. The summed E-state index contributed by atoms with van der Waals surface area (Å²) >= 11 is 1.68. The van der Waals surface area contributed by atoms with Crippen LogP contribution in [0.4, 0.5) is 5.13 Å². The first-order chi connectivity index (χ1) is 18.9. The van der Waals surface area contributed by atoms with E-state index in [-0.39, 0.29) is 23.9 Å². The standard InChI is InChI=1S/C28H35N5O4S2/c1-4-15-33(16-5-2)39(35,36)23-12-10-22(11-13-23)27(34)29-14-17-31-18-20-32(21-19-31)28-30-26-24(37-6-3)8-7-9-25(26)38-28/h4-5,7-13H,1-2,6,14-21H2,3H3,(H,29,34). The molecule has 2 aromatic carbocycles. The Hall–Kier alpha value is -3.25. The SMILES string of the molecule is C=CCN(CC=C)S(=O)(=O)c1ccc(C(=O)NCCN2CCN(c3nc4c(OCC)cccc4s3)CC2)cc1. The Morgan fingerprint density at radius 2 is 1.79 bits per heavy atom. The molecule has 1 fully saturated rings. The molecule has 0 aliphatic carbocycles. The Morgan fingerprint density at radius 1 is 1.10 bits per heavy atom. The number of fused-ring (bicyclic) bond motifs is 1. The summed E-state index contributed by atoms with van der Waals surface area (Å²) in [4.78, 5) is 22.2. The van der Waals surface area contributed by atoms with Crippen LogP contribution in [0.3, 0.4) is 0 Å². The van der Waals surface area contributed by atoms with Gasteiger partial charge < -0.3 is 15.0 Å². The van der Waals surface area contributed by atoms with E-state index in [1.807, 2.05) is 19.1 Å². The summed E-state index contributed by atoms with van der Waals surface area (Å²) in [5.74, 6) is 0.594. The van der Waals surface area contributed by atoms with Gasteiger partial charge >= 0.3 is 0 Å². The van der Waals surface area contributed by atoms with Crippen LogP contribution in [0.1, 0.15) is 17.3 Å². The van der Waals surface area contributed by atoms with Crippen LogP contribution in [0.5, 0.6) is 5.75 Å². The van der Waals surface area contributed by atoms with Crippen LogP contribution >= 0.6 is 11.3 Å². The molecule has 39 heavy (non-hydrogen) atoms. The number of anilines is 1. The minimum absolute atomic E-state index is 0.128. The molecular formula is C28H35N5O4S2. The molecule has 208 valence electrons. The predicted molar refractivity (Wildman–Crippen MR) is 157 cm³/mol. The number of nitrogens with one attached hydrogen (secondary N) is 1. The van der Waals surface area contributed by atoms with Gasteiger partial charge in [-0.25, -0.2) is 13.4 Å². The third-order valence-corrected chi connectivity index (χ3v) is 9.37. The lowest BCUT2D eigenvalue weighted by Gasteiger charge is -2.34. The molecule has 1 amide bonds. The Morgan fingerprint density at radius 3 is 2.44 bits per heavy atom. The van der Waals surface area contributed by atoms with Gasteiger partial charge in [0, 0.05) is 57.9 Å². The number of thiazole rings is 1. The summed E-state index contributed by atoms with van der Waals surface area (Å²) in [5, 5.41) is 3.95. The van der Waals surface area contributed by atoms with Crippen molar-refractivity contribution in [3.8, 4) is 5.75 Å². The molecule has 1 aliphatic heterocycles. The third-order valence-electron chi connectivity index (χ3n) is 6.45. The van der Waals surface area contributed by atoms with Crippen molar-refractivity contribution in [3.05, 3.63) is 73.3 Å². The van der Waals surface area contributed by atoms with Gasteiger partial charge in [-0.1, -0.05) is 29.6 Å². The number of para-hydroxylation sites is 1. The van der Waals surface area contributed by atoms with Crippen molar-refractivity contribution in [3.63, 3.8) is 0 Å². The Labute approximate surface area is 234 Å². The highest BCUT2D eigenvalue weighted by Gasteiger charge is 2.23. The second kappa shape index (κ2) is 13.2. The summed E-state index contributed by atoms with van der Waals surface area (Å²) < 4.78 is 33.8. The average Bonchev–Trinajstić information content (AvgIpc) is 3.39. The van der Waals surface area contributed by atoms with Gasteiger partial charge in [-0.15, -0.1) is 13.2 Å². The Kier molecular flexibility index (Phi) is 9.73. The number of sulfonamides is 1. The van der Waals surface area contributed by atoms with Gasteiger partial charge in [-0.3, -0.25) is 9.69 Å². The molecule has 0 radical (unpaired) electrons. The third kappa shape index (κ3) is 6.85. The number of hydrogen-bond donors (Lipinski definition) is 1. The van der Waals surface area contributed by atoms with Gasteiger partial charge in [-0.05, 0) is 43.3 Å². The summed E-state index contributed by atoms with van der Waals surface area (Å²) in [5.41, 5.74) is 1.33. The molecule has 9 nitrogen and oxygen atoms in total. The van der Waals surface area contributed by atoms with E-state index in [1.54, 1.807) is 11.3 Å². The van der Waals surface area contributed by atoms with Crippen molar-refractivity contribution in [1.82, 2.24) is 19.5 Å². The number of aromatic nitrogens is 1. The molecule has 4 rings (SSSR count). The summed E-state index contributed by atoms with van der Waals surface area (Å²) in [6.45, 7) is 14.9. The van der Waals surface area contributed by atoms with Crippen LogP contribution in [0.25, 0.3) is 10.2 Å². The molecular weight excluding hydrogens is 534 g/mol. The van der Waals surface area contributed by atoms with Gasteiger partial charge in [0.25, 0.3) is 5.91 Å². The lowest BCUT2D eigenvalue weighted by Crippen LogP contribution is -2.48. The molecule has 0 atom stereocenters. The van der Waals surface area contributed by atoms with Crippen LogP contribution < -0.4 is 15.0 Å². The topological polar surface area (TPSA) is 95.1 Å². The van der Waals surface area contributed by atoms with Gasteiger partial charge in [-0.2, -0.15) is 4.31 Å². The molecule has 3 aromatic rings. The van der Waals surface area contributed by atoms with Gasteiger partial charge in [0.2, 0.25) is 10.0 Å². The van der Waals surface area contributed by atoms with E-state index in [2.05, 4.69) is 34.3 Å². The number of ether oxygens (including phenoxy) is 1. The van der Waals surface area contributed by atoms with Crippen molar-refractivity contribution in [1.29, 1.82) is 0 Å². The van der Waals surface area contributed by atoms with Gasteiger partial charge in [0.05, 0.1) is 16.2 Å². The van der Waals surface area contributed by atoms with E-state index in [4.69, 9.17) is 9.72 Å². The largest absolute Gasteiger partial charge is 0.492 e. The minimum atomic E-state index is -3.70. The monoisotopic (exact) mass is 569 g/mol. The smallest absolute Gasteiger partial charge is 0.251 e. The number of rotatable bonds is 13. The summed E-state index contributed by atoms with van der Waals surface area (Å²) in [6.07, 6.45) is 3.06. The lowest BCUT2D eigenvalue weighted by molar-refractivity contribution is 0.0947. The van der Waals surface area contributed by atoms with Crippen molar-refractivity contribution < 1.29 is 17.9 Å². The normalized spacial score (nSPS) is 14.5. The number of carbonyl (C=O) groups is 1. The van der Waals surface area contributed by atoms with Crippen LogP contribution in [0.2, 0.25) is 0 Å². The van der Waals surface area contributed by atoms with Crippen LogP contribution in [0, 0.1) is 0 Å². The average molecular weight is 570 g/mol. The maximum atomic E-state index is 12.9. The van der Waals surface area contributed by atoms with E-state index in [9.17, 15) is 13.2 Å². The second-order valence-electron chi connectivity index (χ2n) is 9.04. The van der Waals surface area contributed by atoms with E-state index in [0.717, 1.165) is 53.8 Å². The van der Waals surface area contributed by atoms with E-state index in [0.29, 0.717) is 18.7 Å². The fourth-order valence-electron chi connectivity index (χ4n) is 4.40. The van der Waals surface area contributed by atoms with Crippen LogP contribution in [-0.4, -0.2) is 87.5 Å². The van der Waals surface area contributed by atoms with Crippen molar-refractivity contribution >= 4 is 42.6 Å². The molecule has 1 aliphatic rings. The zero-order valence-corrected chi connectivity index (χ0v) is 23.8. The molecule has 2 heterocycles. The fourth-order valence-corrected chi connectivity index (χ4v) is 6.81. The van der Waals surface area contributed by atoms with Gasteiger partial charge in [0.1, 0.15) is 11.3 Å². The molecule has 1 N–H and O–H groups in total. The number of benzene rings is 2. The molecule has 1 saturated heterocycles. The van der Waals surface area contributed by atoms with E-state index >= 15 is 0 Å². The maximum absolute atomic E-state index is 12.9. The number of nitrogens with zero attached hydrogens (tertiary/aromatic N) is 4. The first-order valence-corrected chi connectivity index (χ1v) is 15.2. The predicted octanol–water partition coefficient (Wildman–Crippen LogP) is 3.61. The molecule has 0 unspecified atom stereocenters. The Balaban J connectivity index is 1.25. The van der Waals surface area contributed by atoms with Crippen molar-refractivity contribution in [2.75, 3.05) is 63.9 Å². The molecule has 0 saturated carbocycles. The Bertz CT molecular complexity index is 1390. The fraction of sp³-hybridized carbons (Fsp3) is 0.357. The number of carbonyl (C=O) groups excluding carboxylic acids is 1. The minimum Gasteiger partial charge on any atom is -0.492 e. The van der Waals surface area contributed by atoms with Crippen LogP contribution in [-0.2, 0) is 10.0 Å². The molecule has 0 bridgehead atoms.